The lowest BCUT2D eigenvalue weighted by atomic mass is 9.94. The van der Waals surface area contributed by atoms with Gasteiger partial charge in [-0.25, -0.2) is 0 Å². The number of hydrogen-bond donors (Lipinski definition) is 0. The molecule has 0 amide bonds. The van der Waals surface area contributed by atoms with Crippen LogP contribution >= 0.6 is 0 Å². The molecule has 2 aliphatic heterocycles. The van der Waals surface area contributed by atoms with Crippen molar-refractivity contribution in [2.75, 3.05) is 13.1 Å². The van der Waals surface area contributed by atoms with Crippen LogP contribution in [0, 0.1) is 0 Å². The fourth-order valence-corrected chi connectivity index (χ4v) is 3.22. The fraction of sp³-hybridized carbons (Fsp3) is 0.571. The van der Waals surface area contributed by atoms with Gasteiger partial charge in [0, 0.05) is 12.6 Å². The van der Waals surface area contributed by atoms with E-state index in [2.05, 4.69) is 35.2 Å². The molecule has 3 rings (SSSR count). The molecule has 80 valence electrons. The van der Waals surface area contributed by atoms with Crippen molar-refractivity contribution in [2.24, 2.45) is 0 Å². The lowest BCUT2D eigenvalue weighted by Gasteiger charge is -2.28. The molecular formula is C14H19N. The third-order valence-electron chi connectivity index (χ3n) is 4.03. The van der Waals surface area contributed by atoms with Crippen molar-refractivity contribution in [3.63, 3.8) is 0 Å². The van der Waals surface area contributed by atoms with Crippen LogP contribution in [0.1, 0.15) is 37.2 Å². The summed E-state index contributed by atoms with van der Waals surface area (Å²) >= 11 is 0. The van der Waals surface area contributed by atoms with Gasteiger partial charge in [-0.05, 0) is 37.3 Å². The third-order valence-corrected chi connectivity index (χ3v) is 4.03. The molecule has 0 unspecified atom stereocenters. The van der Waals surface area contributed by atoms with E-state index in [0.29, 0.717) is 0 Å². The van der Waals surface area contributed by atoms with Crippen LogP contribution < -0.4 is 0 Å². The minimum atomic E-state index is 0.800. The number of nitrogens with zero attached hydrogens (tertiary/aromatic N) is 1. The number of piperidine rings is 1. The Kier molecular flexibility index (Phi) is 2.49. The summed E-state index contributed by atoms with van der Waals surface area (Å²) in [5, 5.41) is 0. The quantitative estimate of drug-likeness (QED) is 0.675. The maximum Gasteiger partial charge on any atom is 0.0102 e. The summed E-state index contributed by atoms with van der Waals surface area (Å²) in [5.74, 6) is 0.800. The average Bonchev–Trinajstić information content (AvgIpc) is 2.74. The molecular weight excluding hydrogens is 182 g/mol. The molecule has 0 spiro atoms. The van der Waals surface area contributed by atoms with E-state index in [1.54, 1.807) is 5.56 Å². The molecule has 0 aromatic heterocycles. The van der Waals surface area contributed by atoms with E-state index in [4.69, 9.17) is 0 Å². The Balaban J connectivity index is 1.75. The summed E-state index contributed by atoms with van der Waals surface area (Å²) in [5.41, 5.74) is 1.55. The third kappa shape index (κ3) is 1.81. The molecule has 2 fully saturated rings. The molecule has 2 atom stereocenters. The smallest absolute Gasteiger partial charge is 0.0102 e. The second-order valence-corrected chi connectivity index (χ2v) is 4.99. The molecule has 2 heterocycles. The molecule has 2 saturated heterocycles. The topological polar surface area (TPSA) is 3.24 Å². The van der Waals surface area contributed by atoms with Gasteiger partial charge in [0.05, 0.1) is 0 Å². The van der Waals surface area contributed by atoms with Crippen LogP contribution in [0.15, 0.2) is 30.3 Å². The lowest BCUT2D eigenvalue weighted by Crippen LogP contribution is -2.33. The molecule has 2 aliphatic rings. The van der Waals surface area contributed by atoms with E-state index >= 15 is 0 Å². The van der Waals surface area contributed by atoms with Crippen molar-refractivity contribution in [1.82, 2.24) is 4.90 Å². The lowest BCUT2D eigenvalue weighted by molar-refractivity contribution is 0.197. The molecule has 1 nitrogen and oxygen atoms in total. The maximum atomic E-state index is 2.71. The molecule has 15 heavy (non-hydrogen) atoms. The molecule has 0 aliphatic carbocycles. The van der Waals surface area contributed by atoms with E-state index in [0.717, 1.165) is 12.0 Å². The summed E-state index contributed by atoms with van der Waals surface area (Å²) in [7, 11) is 0. The highest BCUT2D eigenvalue weighted by Crippen LogP contribution is 2.35. The largest absolute Gasteiger partial charge is 0.300 e. The Bertz CT molecular complexity index is 305. The predicted molar refractivity (Wildman–Crippen MR) is 63.0 cm³/mol. The molecule has 0 N–H and O–H groups in total. The number of fused-ring (bicyclic) bond motifs is 1. The second-order valence-electron chi connectivity index (χ2n) is 4.99. The first kappa shape index (κ1) is 9.41. The molecule has 0 saturated carbocycles. The maximum absolute atomic E-state index is 2.71. The Hall–Kier alpha value is -0.820. The van der Waals surface area contributed by atoms with Gasteiger partial charge in [-0.15, -0.1) is 0 Å². The first-order valence-electron chi connectivity index (χ1n) is 6.22. The summed E-state index contributed by atoms with van der Waals surface area (Å²) in [4.78, 5) is 2.71. The standard InChI is InChI=1S/C14H19N/c1-2-6-12(7-3-1)13-10-14-8-4-5-9-15(14)11-13/h1-3,6-7,13-14H,4-5,8-11H2/t13-,14-/m0/s1. The second kappa shape index (κ2) is 3.97. The predicted octanol–water partition coefficient (Wildman–Crippen LogP) is 3.03. The van der Waals surface area contributed by atoms with Crippen LogP contribution in [-0.4, -0.2) is 24.0 Å². The summed E-state index contributed by atoms with van der Waals surface area (Å²) in [6.45, 7) is 2.64. The first-order chi connectivity index (χ1) is 7.43. The fourth-order valence-electron chi connectivity index (χ4n) is 3.22. The van der Waals surface area contributed by atoms with Gasteiger partial charge in [0.15, 0.2) is 0 Å². The monoisotopic (exact) mass is 201 g/mol. The summed E-state index contributed by atoms with van der Waals surface area (Å²) in [6.07, 6.45) is 5.69. The number of hydrogen-bond acceptors (Lipinski definition) is 1. The Morgan fingerprint density at radius 3 is 2.73 bits per heavy atom. The van der Waals surface area contributed by atoms with Gasteiger partial charge < -0.3 is 0 Å². The van der Waals surface area contributed by atoms with Crippen LogP contribution in [0.4, 0.5) is 0 Å². The highest BCUT2D eigenvalue weighted by atomic mass is 15.2. The van der Waals surface area contributed by atoms with Crippen molar-refractivity contribution >= 4 is 0 Å². The van der Waals surface area contributed by atoms with E-state index in [9.17, 15) is 0 Å². The highest BCUT2D eigenvalue weighted by Gasteiger charge is 2.33. The normalized spacial score (nSPS) is 31.5. The van der Waals surface area contributed by atoms with Gasteiger partial charge in [0.2, 0.25) is 0 Å². The summed E-state index contributed by atoms with van der Waals surface area (Å²) in [6, 6.07) is 11.9. The van der Waals surface area contributed by atoms with Crippen LogP contribution in [0.3, 0.4) is 0 Å². The van der Waals surface area contributed by atoms with E-state index in [1.165, 1.54) is 38.8 Å². The van der Waals surface area contributed by atoms with Gasteiger partial charge in [0.25, 0.3) is 0 Å². The van der Waals surface area contributed by atoms with Gasteiger partial charge in [-0.1, -0.05) is 36.8 Å². The average molecular weight is 201 g/mol. The van der Waals surface area contributed by atoms with Crippen LogP contribution in [0.5, 0.6) is 0 Å². The van der Waals surface area contributed by atoms with Gasteiger partial charge >= 0.3 is 0 Å². The minimum Gasteiger partial charge on any atom is -0.300 e. The Morgan fingerprint density at radius 2 is 1.93 bits per heavy atom. The molecule has 1 aromatic carbocycles. The molecule has 0 radical (unpaired) electrons. The zero-order valence-electron chi connectivity index (χ0n) is 9.23. The van der Waals surface area contributed by atoms with Crippen molar-refractivity contribution in [2.45, 2.75) is 37.6 Å². The van der Waals surface area contributed by atoms with Gasteiger partial charge in [0.1, 0.15) is 0 Å². The zero-order chi connectivity index (χ0) is 10.1. The van der Waals surface area contributed by atoms with Crippen LogP contribution in [-0.2, 0) is 0 Å². The Morgan fingerprint density at radius 1 is 1.07 bits per heavy atom. The van der Waals surface area contributed by atoms with Crippen molar-refractivity contribution in [3.05, 3.63) is 35.9 Å². The van der Waals surface area contributed by atoms with Gasteiger partial charge in [-0.2, -0.15) is 0 Å². The zero-order valence-corrected chi connectivity index (χ0v) is 9.23. The molecule has 1 heteroatoms. The highest BCUT2D eigenvalue weighted by molar-refractivity contribution is 5.21. The van der Waals surface area contributed by atoms with E-state index in [-0.39, 0.29) is 0 Å². The van der Waals surface area contributed by atoms with E-state index < -0.39 is 0 Å². The molecule has 1 aromatic rings. The van der Waals surface area contributed by atoms with Crippen LogP contribution in [0.25, 0.3) is 0 Å². The minimum absolute atomic E-state index is 0.800. The molecule has 0 bridgehead atoms. The SMILES string of the molecule is c1ccc([C@H]2C[C@@H]3CCCCN3C2)cc1. The van der Waals surface area contributed by atoms with Crippen molar-refractivity contribution in [3.8, 4) is 0 Å². The first-order valence-corrected chi connectivity index (χ1v) is 6.22. The summed E-state index contributed by atoms with van der Waals surface area (Å²) < 4.78 is 0. The Labute approximate surface area is 92.1 Å². The number of benzene rings is 1. The van der Waals surface area contributed by atoms with E-state index in [1.807, 2.05) is 0 Å². The van der Waals surface area contributed by atoms with Crippen molar-refractivity contribution < 1.29 is 0 Å². The van der Waals surface area contributed by atoms with Crippen LogP contribution in [0.2, 0.25) is 0 Å². The van der Waals surface area contributed by atoms with Gasteiger partial charge in [-0.3, -0.25) is 4.90 Å². The number of rotatable bonds is 1. The van der Waals surface area contributed by atoms with Crippen molar-refractivity contribution in [1.29, 1.82) is 0 Å².